The molecule has 0 aromatic carbocycles. The van der Waals surface area contributed by atoms with Crippen LogP contribution in [0.3, 0.4) is 0 Å². The van der Waals surface area contributed by atoms with Gasteiger partial charge in [-0.05, 0) is 25.7 Å². The summed E-state index contributed by atoms with van der Waals surface area (Å²) < 4.78 is 0. The Morgan fingerprint density at radius 1 is 0.818 bits per heavy atom. The van der Waals surface area contributed by atoms with Gasteiger partial charge in [-0.1, -0.05) is 25.7 Å². The molecule has 0 radical (unpaired) electrons. The van der Waals surface area contributed by atoms with Crippen molar-refractivity contribution in [1.82, 2.24) is 0 Å². The van der Waals surface area contributed by atoms with E-state index in [0.29, 0.717) is 0 Å². The highest BCUT2D eigenvalue weighted by Crippen LogP contribution is 2.18. The highest BCUT2D eigenvalue weighted by molar-refractivity contribution is 5.52. The molecule has 1 rings (SSSR count). The van der Waals surface area contributed by atoms with E-state index in [1.807, 2.05) is 0 Å². The lowest BCUT2D eigenvalue weighted by Gasteiger charge is -1.97. The predicted molar refractivity (Wildman–Crippen MR) is 46.1 cm³/mol. The van der Waals surface area contributed by atoms with E-state index in [0.717, 1.165) is 18.4 Å². The van der Waals surface area contributed by atoms with Crippen LogP contribution in [0.15, 0.2) is 5.57 Å². The summed E-state index contributed by atoms with van der Waals surface area (Å²) in [5.74, 6) is 2.07. The van der Waals surface area contributed by atoms with Gasteiger partial charge in [0.05, 0.1) is 0 Å². The van der Waals surface area contributed by atoms with Crippen molar-refractivity contribution in [2.75, 3.05) is 0 Å². The van der Waals surface area contributed by atoms with Crippen molar-refractivity contribution < 1.29 is 4.79 Å². The van der Waals surface area contributed by atoms with Crippen molar-refractivity contribution >= 4 is 5.94 Å². The molecule has 1 aliphatic rings. The molecule has 0 aliphatic heterocycles. The summed E-state index contributed by atoms with van der Waals surface area (Å²) in [5, 5.41) is 0. The minimum Gasteiger partial charge on any atom is -0.234 e. The molecule has 0 unspecified atom stereocenters. The summed E-state index contributed by atoms with van der Waals surface area (Å²) in [6.07, 6.45) is 9.71. The molecule has 1 nitrogen and oxygen atoms in total. The quantitative estimate of drug-likeness (QED) is 0.488. The van der Waals surface area contributed by atoms with Crippen LogP contribution in [-0.2, 0) is 4.79 Å². The Bertz CT molecular complexity index is 142. The average molecular weight is 152 g/mol. The van der Waals surface area contributed by atoms with Gasteiger partial charge in [0.25, 0.3) is 0 Å². The Labute approximate surface area is 68.5 Å². The summed E-state index contributed by atoms with van der Waals surface area (Å²) >= 11 is 0. The third-order valence-electron chi connectivity index (χ3n) is 2.35. The molecule has 0 N–H and O–H groups in total. The van der Waals surface area contributed by atoms with E-state index in [9.17, 15) is 4.79 Å². The smallest absolute Gasteiger partial charge is 0.123 e. The second-order valence-electron chi connectivity index (χ2n) is 3.33. The van der Waals surface area contributed by atoms with Crippen molar-refractivity contribution in [3.8, 4) is 0 Å². The monoisotopic (exact) mass is 152 g/mol. The van der Waals surface area contributed by atoms with Crippen LogP contribution in [0.1, 0.15) is 51.4 Å². The minimum atomic E-state index is 1.00. The SMILES string of the molecule is O=C=C1CCCCCCCC1. The molecule has 1 saturated carbocycles. The zero-order chi connectivity index (χ0) is 7.94. The zero-order valence-electron chi connectivity index (χ0n) is 7.07. The van der Waals surface area contributed by atoms with Crippen LogP contribution in [0.25, 0.3) is 0 Å². The molecule has 1 fully saturated rings. The highest BCUT2D eigenvalue weighted by Gasteiger charge is 2.02. The van der Waals surface area contributed by atoms with Crippen LogP contribution < -0.4 is 0 Å². The van der Waals surface area contributed by atoms with E-state index < -0.39 is 0 Å². The van der Waals surface area contributed by atoms with Gasteiger partial charge in [-0.25, -0.2) is 4.79 Å². The zero-order valence-corrected chi connectivity index (χ0v) is 7.07. The Balaban J connectivity index is 2.37. The normalized spacial score (nSPS) is 21.3. The lowest BCUT2D eigenvalue weighted by atomic mass is 10.1. The molecule has 1 heteroatoms. The first-order valence-electron chi connectivity index (χ1n) is 4.66. The van der Waals surface area contributed by atoms with Crippen molar-refractivity contribution in [3.63, 3.8) is 0 Å². The summed E-state index contributed by atoms with van der Waals surface area (Å²) in [6.45, 7) is 0. The summed E-state index contributed by atoms with van der Waals surface area (Å²) in [7, 11) is 0. The maximum absolute atomic E-state index is 10.4. The number of allylic oxidation sites excluding steroid dienone is 1. The Kier molecular flexibility index (Phi) is 4.00. The van der Waals surface area contributed by atoms with Crippen LogP contribution in [0, 0.1) is 0 Å². The first-order valence-corrected chi connectivity index (χ1v) is 4.66. The second-order valence-corrected chi connectivity index (χ2v) is 3.33. The van der Waals surface area contributed by atoms with E-state index in [1.165, 1.54) is 38.5 Å². The second kappa shape index (κ2) is 5.15. The standard InChI is InChI=1S/C10H16O/c11-9-10-7-5-3-1-2-4-6-8-10/h1-8H2. The van der Waals surface area contributed by atoms with Crippen LogP contribution in [0.4, 0.5) is 0 Å². The maximum atomic E-state index is 10.4. The number of hydrogen-bond acceptors (Lipinski definition) is 1. The fourth-order valence-electron chi connectivity index (χ4n) is 1.61. The van der Waals surface area contributed by atoms with Gasteiger partial charge in [0.2, 0.25) is 0 Å². The van der Waals surface area contributed by atoms with E-state index in [1.54, 1.807) is 0 Å². The van der Waals surface area contributed by atoms with Crippen LogP contribution >= 0.6 is 0 Å². The lowest BCUT2D eigenvalue weighted by molar-refractivity contribution is 0.563. The van der Waals surface area contributed by atoms with E-state index in [-0.39, 0.29) is 0 Å². The highest BCUT2D eigenvalue weighted by atomic mass is 16.1. The minimum absolute atomic E-state index is 1.00. The number of hydrogen-bond donors (Lipinski definition) is 0. The average Bonchev–Trinajstić information content (AvgIpc) is 2.16. The lowest BCUT2D eigenvalue weighted by Crippen LogP contribution is -1.84. The Morgan fingerprint density at radius 3 is 1.73 bits per heavy atom. The van der Waals surface area contributed by atoms with Crippen molar-refractivity contribution in [2.24, 2.45) is 0 Å². The third-order valence-corrected chi connectivity index (χ3v) is 2.35. The summed E-state index contributed by atoms with van der Waals surface area (Å²) in [5.41, 5.74) is 1.02. The first-order chi connectivity index (χ1) is 5.43. The van der Waals surface area contributed by atoms with Crippen molar-refractivity contribution in [1.29, 1.82) is 0 Å². The largest absolute Gasteiger partial charge is 0.234 e. The van der Waals surface area contributed by atoms with E-state index in [4.69, 9.17) is 0 Å². The molecule has 0 saturated heterocycles. The fraction of sp³-hybridized carbons (Fsp3) is 0.800. The van der Waals surface area contributed by atoms with Crippen LogP contribution in [0.5, 0.6) is 0 Å². The topological polar surface area (TPSA) is 17.1 Å². The molecule has 0 amide bonds. The van der Waals surface area contributed by atoms with Gasteiger partial charge in [-0.15, -0.1) is 0 Å². The van der Waals surface area contributed by atoms with Gasteiger partial charge in [-0.3, -0.25) is 0 Å². The van der Waals surface area contributed by atoms with E-state index in [2.05, 4.69) is 5.94 Å². The molecule has 0 bridgehead atoms. The van der Waals surface area contributed by atoms with Crippen molar-refractivity contribution in [2.45, 2.75) is 51.4 Å². The first kappa shape index (κ1) is 8.55. The van der Waals surface area contributed by atoms with Crippen LogP contribution in [0.2, 0.25) is 0 Å². The maximum Gasteiger partial charge on any atom is 0.123 e. The van der Waals surface area contributed by atoms with Gasteiger partial charge in [0.15, 0.2) is 0 Å². The molecule has 0 heterocycles. The third kappa shape index (κ3) is 3.38. The predicted octanol–water partition coefficient (Wildman–Crippen LogP) is 2.88. The van der Waals surface area contributed by atoms with Gasteiger partial charge >= 0.3 is 0 Å². The summed E-state index contributed by atoms with van der Waals surface area (Å²) in [4.78, 5) is 10.4. The molecule has 0 atom stereocenters. The number of carbonyl (C=O) groups excluding carboxylic acids is 1. The molecule has 0 spiro atoms. The molecular weight excluding hydrogens is 136 g/mol. The number of rotatable bonds is 0. The van der Waals surface area contributed by atoms with E-state index >= 15 is 0 Å². The van der Waals surface area contributed by atoms with Gasteiger partial charge in [0, 0.05) is 5.57 Å². The molecule has 62 valence electrons. The van der Waals surface area contributed by atoms with Crippen molar-refractivity contribution in [3.05, 3.63) is 5.57 Å². The Morgan fingerprint density at radius 2 is 1.27 bits per heavy atom. The molecular formula is C10H16O. The molecule has 0 aromatic rings. The fourth-order valence-corrected chi connectivity index (χ4v) is 1.61. The molecule has 1 aliphatic carbocycles. The molecule has 0 aromatic heterocycles. The van der Waals surface area contributed by atoms with Gasteiger partial charge in [-0.2, -0.15) is 0 Å². The Hall–Kier alpha value is -0.550. The van der Waals surface area contributed by atoms with Crippen LogP contribution in [-0.4, -0.2) is 5.94 Å². The van der Waals surface area contributed by atoms with Gasteiger partial charge < -0.3 is 0 Å². The molecule has 11 heavy (non-hydrogen) atoms. The van der Waals surface area contributed by atoms with Gasteiger partial charge in [0.1, 0.15) is 5.94 Å². The summed E-state index contributed by atoms with van der Waals surface area (Å²) in [6, 6.07) is 0.